The highest BCUT2D eigenvalue weighted by molar-refractivity contribution is 5.73. The number of nitro groups is 1. The van der Waals surface area contributed by atoms with Gasteiger partial charge < -0.3 is 15.4 Å². The molecule has 0 fully saturated rings. The molecule has 0 saturated carbocycles. The SMILES string of the molecule is COCCNc1ncnc(Nc2ccccc2)c1[N+](=O)[O-]. The lowest BCUT2D eigenvalue weighted by molar-refractivity contribution is -0.383. The number of hydrogen-bond acceptors (Lipinski definition) is 7. The van der Waals surface area contributed by atoms with E-state index in [-0.39, 0.29) is 17.3 Å². The summed E-state index contributed by atoms with van der Waals surface area (Å²) in [4.78, 5) is 18.6. The van der Waals surface area contributed by atoms with Gasteiger partial charge in [-0.15, -0.1) is 0 Å². The first kappa shape index (κ1) is 14.7. The zero-order valence-electron chi connectivity index (χ0n) is 11.4. The third-order valence-electron chi connectivity index (χ3n) is 2.64. The van der Waals surface area contributed by atoms with E-state index in [0.717, 1.165) is 0 Å². The summed E-state index contributed by atoms with van der Waals surface area (Å²) in [7, 11) is 1.55. The lowest BCUT2D eigenvalue weighted by atomic mass is 10.3. The van der Waals surface area contributed by atoms with Crippen LogP contribution in [-0.2, 0) is 4.74 Å². The molecule has 1 aromatic carbocycles. The van der Waals surface area contributed by atoms with Crippen molar-refractivity contribution in [3.8, 4) is 0 Å². The maximum absolute atomic E-state index is 11.3. The number of anilines is 3. The van der Waals surface area contributed by atoms with Gasteiger partial charge in [-0.1, -0.05) is 18.2 Å². The summed E-state index contributed by atoms with van der Waals surface area (Å²) in [5, 5.41) is 17.1. The second-order valence-electron chi connectivity index (χ2n) is 4.09. The molecule has 0 saturated heterocycles. The van der Waals surface area contributed by atoms with Crippen LogP contribution >= 0.6 is 0 Å². The van der Waals surface area contributed by atoms with Crippen molar-refractivity contribution in [3.63, 3.8) is 0 Å². The third-order valence-corrected chi connectivity index (χ3v) is 2.64. The van der Waals surface area contributed by atoms with Gasteiger partial charge in [0.25, 0.3) is 0 Å². The van der Waals surface area contributed by atoms with Crippen molar-refractivity contribution in [2.75, 3.05) is 30.9 Å². The molecule has 1 heterocycles. The summed E-state index contributed by atoms with van der Waals surface area (Å²) in [6.45, 7) is 0.835. The molecular weight excluding hydrogens is 274 g/mol. The molecule has 110 valence electrons. The highest BCUT2D eigenvalue weighted by atomic mass is 16.6. The Kier molecular flexibility index (Phi) is 4.99. The molecular formula is C13H15N5O3. The van der Waals surface area contributed by atoms with Crippen molar-refractivity contribution < 1.29 is 9.66 Å². The number of benzene rings is 1. The molecule has 0 bridgehead atoms. The lowest BCUT2D eigenvalue weighted by Gasteiger charge is -2.09. The maximum atomic E-state index is 11.3. The van der Waals surface area contributed by atoms with Crippen LogP contribution in [0.1, 0.15) is 0 Å². The van der Waals surface area contributed by atoms with Gasteiger partial charge in [-0.05, 0) is 12.1 Å². The van der Waals surface area contributed by atoms with Gasteiger partial charge in [0, 0.05) is 19.3 Å². The summed E-state index contributed by atoms with van der Waals surface area (Å²) in [6, 6.07) is 9.10. The number of para-hydroxylation sites is 1. The van der Waals surface area contributed by atoms with Crippen molar-refractivity contribution in [3.05, 3.63) is 46.8 Å². The van der Waals surface area contributed by atoms with Crippen LogP contribution in [-0.4, -0.2) is 35.2 Å². The number of aromatic nitrogens is 2. The smallest absolute Gasteiger partial charge is 0.353 e. The predicted octanol–water partition coefficient (Wildman–Crippen LogP) is 2.19. The topological polar surface area (TPSA) is 102 Å². The Morgan fingerprint density at radius 3 is 2.62 bits per heavy atom. The van der Waals surface area contributed by atoms with Crippen molar-refractivity contribution in [1.29, 1.82) is 0 Å². The van der Waals surface area contributed by atoms with E-state index in [1.165, 1.54) is 6.33 Å². The van der Waals surface area contributed by atoms with Gasteiger partial charge in [0.15, 0.2) is 0 Å². The molecule has 0 amide bonds. The number of nitrogens with one attached hydrogen (secondary N) is 2. The number of rotatable bonds is 7. The lowest BCUT2D eigenvalue weighted by Crippen LogP contribution is -2.12. The first-order valence-electron chi connectivity index (χ1n) is 6.26. The van der Waals surface area contributed by atoms with Gasteiger partial charge in [-0.25, -0.2) is 9.97 Å². The second kappa shape index (κ2) is 7.15. The average molecular weight is 289 g/mol. The number of ether oxygens (including phenoxy) is 1. The van der Waals surface area contributed by atoms with E-state index in [4.69, 9.17) is 4.74 Å². The summed E-state index contributed by atoms with van der Waals surface area (Å²) in [5.74, 6) is 0.298. The van der Waals surface area contributed by atoms with E-state index >= 15 is 0 Å². The molecule has 2 rings (SSSR count). The Hall–Kier alpha value is -2.74. The molecule has 8 nitrogen and oxygen atoms in total. The summed E-state index contributed by atoms with van der Waals surface area (Å²) >= 11 is 0. The highest BCUT2D eigenvalue weighted by Crippen LogP contribution is 2.30. The third kappa shape index (κ3) is 3.86. The van der Waals surface area contributed by atoms with E-state index in [0.29, 0.717) is 18.8 Å². The Bertz CT molecular complexity index is 606. The van der Waals surface area contributed by atoms with Crippen LogP contribution in [0, 0.1) is 10.1 Å². The van der Waals surface area contributed by atoms with Gasteiger partial charge in [0.1, 0.15) is 6.33 Å². The largest absolute Gasteiger partial charge is 0.383 e. The van der Waals surface area contributed by atoms with E-state index in [9.17, 15) is 10.1 Å². The van der Waals surface area contributed by atoms with Crippen LogP contribution in [0.3, 0.4) is 0 Å². The van der Waals surface area contributed by atoms with Gasteiger partial charge in [0.2, 0.25) is 11.6 Å². The Morgan fingerprint density at radius 2 is 1.95 bits per heavy atom. The van der Waals surface area contributed by atoms with E-state index < -0.39 is 4.92 Å². The van der Waals surface area contributed by atoms with Crippen LogP contribution in [0.2, 0.25) is 0 Å². The standard InChI is InChI=1S/C13H15N5O3/c1-21-8-7-14-12-11(18(19)20)13(16-9-15-12)17-10-5-3-2-4-6-10/h2-6,9H,7-8H2,1H3,(H2,14,15,16,17). The highest BCUT2D eigenvalue weighted by Gasteiger charge is 2.22. The molecule has 2 aromatic rings. The van der Waals surface area contributed by atoms with Gasteiger partial charge in [-0.2, -0.15) is 0 Å². The summed E-state index contributed by atoms with van der Waals surface area (Å²) < 4.78 is 4.90. The first-order valence-corrected chi connectivity index (χ1v) is 6.26. The zero-order valence-corrected chi connectivity index (χ0v) is 11.4. The Morgan fingerprint density at radius 1 is 1.24 bits per heavy atom. The summed E-state index contributed by atoms with van der Waals surface area (Å²) in [6.07, 6.45) is 1.27. The molecule has 21 heavy (non-hydrogen) atoms. The zero-order chi connectivity index (χ0) is 15.1. The van der Waals surface area contributed by atoms with Crippen LogP contribution in [0.15, 0.2) is 36.7 Å². The maximum Gasteiger partial charge on any atom is 0.353 e. The molecule has 8 heteroatoms. The van der Waals surface area contributed by atoms with Crippen molar-refractivity contribution >= 4 is 23.0 Å². The minimum Gasteiger partial charge on any atom is -0.383 e. The molecule has 0 aliphatic rings. The van der Waals surface area contributed by atoms with Crippen LogP contribution < -0.4 is 10.6 Å². The fourth-order valence-corrected chi connectivity index (χ4v) is 1.70. The molecule has 0 radical (unpaired) electrons. The van der Waals surface area contributed by atoms with Crippen molar-refractivity contribution in [1.82, 2.24) is 9.97 Å². The van der Waals surface area contributed by atoms with E-state index in [1.54, 1.807) is 19.2 Å². The first-order chi connectivity index (χ1) is 10.2. The molecule has 1 aromatic heterocycles. The molecule has 0 aliphatic carbocycles. The van der Waals surface area contributed by atoms with Crippen LogP contribution in [0.5, 0.6) is 0 Å². The van der Waals surface area contributed by atoms with Crippen molar-refractivity contribution in [2.45, 2.75) is 0 Å². The Labute approximate surface area is 121 Å². The Balaban J connectivity index is 2.28. The summed E-state index contributed by atoms with van der Waals surface area (Å²) in [5.41, 5.74) is 0.514. The minimum atomic E-state index is -0.513. The van der Waals surface area contributed by atoms with Crippen molar-refractivity contribution in [2.24, 2.45) is 0 Å². The predicted molar refractivity (Wildman–Crippen MR) is 78.8 cm³/mol. The van der Waals surface area contributed by atoms with Gasteiger partial charge in [-0.3, -0.25) is 10.1 Å². The van der Waals surface area contributed by atoms with Crippen LogP contribution in [0.4, 0.5) is 23.0 Å². The van der Waals surface area contributed by atoms with E-state index in [2.05, 4.69) is 20.6 Å². The van der Waals surface area contributed by atoms with Gasteiger partial charge in [0.05, 0.1) is 11.5 Å². The normalized spacial score (nSPS) is 10.1. The quantitative estimate of drug-likeness (QED) is 0.457. The molecule has 0 aliphatic heterocycles. The molecule has 0 unspecified atom stereocenters. The van der Waals surface area contributed by atoms with E-state index in [1.807, 2.05) is 18.2 Å². The average Bonchev–Trinajstić information content (AvgIpc) is 2.48. The molecule has 2 N–H and O–H groups in total. The number of hydrogen-bond donors (Lipinski definition) is 2. The second-order valence-corrected chi connectivity index (χ2v) is 4.09. The van der Waals surface area contributed by atoms with Crippen LogP contribution in [0.25, 0.3) is 0 Å². The van der Waals surface area contributed by atoms with Gasteiger partial charge >= 0.3 is 5.69 Å². The fourth-order valence-electron chi connectivity index (χ4n) is 1.70. The monoisotopic (exact) mass is 289 g/mol. The molecule has 0 spiro atoms. The molecule has 0 atom stereocenters. The fraction of sp³-hybridized carbons (Fsp3) is 0.231. The number of nitrogens with zero attached hydrogens (tertiary/aromatic N) is 3. The minimum absolute atomic E-state index is 0.140. The number of methoxy groups -OCH3 is 1.